The van der Waals surface area contributed by atoms with Crippen LogP contribution < -0.4 is 10.1 Å². The van der Waals surface area contributed by atoms with Gasteiger partial charge in [-0.05, 0) is 43.7 Å². The number of benzene rings is 1. The summed E-state index contributed by atoms with van der Waals surface area (Å²) in [6.45, 7) is 3.48. The molecule has 7 heteroatoms. The average molecular weight is 392 g/mol. The number of ether oxygens (including phenoxy) is 3. The van der Waals surface area contributed by atoms with E-state index in [9.17, 15) is 9.59 Å². The molecule has 1 aliphatic heterocycles. The van der Waals surface area contributed by atoms with Gasteiger partial charge in [-0.2, -0.15) is 0 Å². The minimum absolute atomic E-state index is 0.301. The summed E-state index contributed by atoms with van der Waals surface area (Å²) in [5, 5.41) is 3.42. The van der Waals surface area contributed by atoms with Gasteiger partial charge < -0.3 is 19.5 Å². The van der Waals surface area contributed by atoms with E-state index in [1.807, 2.05) is 0 Å². The van der Waals surface area contributed by atoms with Gasteiger partial charge in [-0.1, -0.05) is 17.7 Å². The van der Waals surface area contributed by atoms with Gasteiger partial charge in [-0.15, -0.1) is 0 Å². The van der Waals surface area contributed by atoms with Crippen molar-refractivity contribution in [2.75, 3.05) is 21.3 Å². The molecule has 0 bridgehead atoms. The number of hydrogen-bond donors (Lipinski definition) is 1. The Bertz CT molecular complexity index is 798. The number of carbonyl (C=O) groups excluding carboxylic acids is 2. The Morgan fingerprint density at radius 3 is 1.85 bits per heavy atom. The van der Waals surface area contributed by atoms with Gasteiger partial charge in [-0.3, -0.25) is 0 Å². The fourth-order valence-electron chi connectivity index (χ4n) is 2.97. The molecule has 0 radical (unpaired) electrons. The van der Waals surface area contributed by atoms with E-state index in [4.69, 9.17) is 25.8 Å². The maximum atomic E-state index is 12.4. The smallest absolute Gasteiger partial charge is 0.336 e. The molecule has 0 spiro atoms. The van der Waals surface area contributed by atoms with Crippen LogP contribution >= 0.6 is 11.6 Å². The first-order valence-electron chi connectivity index (χ1n) is 8.21. The quantitative estimate of drug-likeness (QED) is 0.775. The zero-order chi connectivity index (χ0) is 20.1. The second-order valence-electron chi connectivity index (χ2n) is 5.91. The third-order valence-electron chi connectivity index (χ3n) is 4.29. The van der Waals surface area contributed by atoms with E-state index in [0.29, 0.717) is 33.3 Å². The lowest BCUT2D eigenvalue weighted by Gasteiger charge is -2.28. The molecule has 0 amide bonds. The summed E-state index contributed by atoms with van der Waals surface area (Å²) in [6, 6.07) is 7.14. The summed E-state index contributed by atoms with van der Waals surface area (Å²) < 4.78 is 15.0. The van der Waals surface area contributed by atoms with E-state index in [1.54, 1.807) is 51.3 Å². The molecule has 0 aromatic heterocycles. The van der Waals surface area contributed by atoms with E-state index < -0.39 is 17.9 Å². The van der Waals surface area contributed by atoms with Crippen molar-refractivity contribution in [1.82, 2.24) is 5.32 Å². The topological polar surface area (TPSA) is 73.9 Å². The Kier molecular flexibility index (Phi) is 6.69. The molecule has 1 aromatic carbocycles. The van der Waals surface area contributed by atoms with Gasteiger partial charge in [0.1, 0.15) is 5.75 Å². The highest BCUT2D eigenvalue weighted by Crippen LogP contribution is 2.35. The number of dihydropyridines is 1. The van der Waals surface area contributed by atoms with Crippen LogP contribution in [-0.2, 0) is 19.1 Å². The maximum absolute atomic E-state index is 12.4. The molecular weight excluding hydrogens is 370 g/mol. The third kappa shape index (κ3) is 4.34. The zero-order valence-electron chi connectivity index (χ0n) is 15.9. The highest BCUT2D eigenvalue weighted by Gasteiger charge is 2.35. The van der Waals surface area contributed by atoms with Crippen molar-refractivity contribution in [3.63, 3.8) is 0 Å². The van der Waals surface area contributed by atoms with Crippen LogP contribution in [0.2, 0.25) is 0 Å². The third-order valence-corrected chi connectivity index (χ3v) is 4.64. The maximum Gasteiger partial charge on any atom is 0.336 e. The molecule has 2 rings (SSSR count). The van der Waals surface area contributed by atoms with Gasteiger partial charge in [0.2, 0.25) is 0 Å². The zero-order valence-corrected chi connectivity index (χ0v) is 16.6. The Balaban J connectivity index is 2.57. The monoisotopic (exact) mass is 391 g/mol. The van der Waals surface area contributed by atoms with Crippen LogP contribution in [0.1, 0.15) is 19.4 Å². The van der Waals surface area contributed by atoms with Crippen molar-refractivity contribution in [1.29, 1.82) is 0 Å². The van der Waals surface area contributed by atoms with E-state index in [0.717, 1.165) is 5.56 Å². The van der Waals surface area contributed by atoms with E-state index in [-0.39, 0.29) is 0 Å². The van der Waals surface area contributed by atoms with Crippen molar-refractivity contribution in [2.45, 2.75) is 13.8 Å². The van der Waals surface area contributed by atoms with Crippen molar-refractivity contribution in [2.24, 2.45) is 5.92 Å². The van der Waals surface area contributed by atoms with Gasteiger partial charge >= 0.3 is 11.9 Å². The summed E-state index contributed by atoms with van der Waals surface area (Å²) in [6.07, 6.45) is 1.65. The largest absolute Gasteiger partial charge is 0.497 e. The molecule has 6 nitrogen and oxygen atoms in total. The van der Waals surface area contributed by atoms with Crippen molar-refractivity contribution < 1.29 is 23.8 Å². The van der Waals surface area contributed by atoms with E-state index in [2.05, 4.69) is 5.32 Å². The van der Waals surface area contributed by atoms with Crippen LogP contribution in [0.5, 0.6) is 5.75 Å². The molecule has 1 aromatic rings. The lowest BCUT2D eigenvalue weighted by atomic mass is 9.84. The fourth-order valence-corrected chi connectivity index (χ4v) is 3.22. The molecule has 1 N–H and O–H groups in total. The average Bonchev–Trinajstić information content (AvgIpc) is 2.66. The Morgan fingerprint density at radius 1 is 0.963 bits per heavy atom. The number of carbonyl (C=O) groups is 2. The predicted octanol–water partition coefficient (Wildman–Crippen LogP) is 3.39. The first-order chi connectivity index (χ1) is 12.8. The normalized spacial score (nSPS) is 15.4. The standard InChI is InChI=1S/C20H22ClNO5/c1-11-17(19(23)26-4)15(18(12(2)22-11)20(24)27-5)10-16(21)13-6-8-14(25-3)9-7-13/h6-10,15,22H,1-5H3/b16-10-. The first-order valence-corrected chi connectivity index (χ1v) is 8.58. The number of allylic oxidation sites excluding steroid dienone is 3. The van der Waals surface area contributed by atoms with Crippen molar-refractivity contribution in [3.8, 4) is 5.75 Å². The second kappa shape index (κ2) is 8.77. The number of nitrogens with one attached hydrogen (secondary N) is 1. The summed E-state index contributed by atoms with van der Waals surface area (Å²) in [5.41, 5.74) is 2.50. The summed E-state index contributed by atoms with van der Waals surface area (Å²) >= 11 is 6.51. The Morgan fingerprint density at radius 2 is 1.44 bits per heavy atom. The minimum Gasteiger partial charge on any atom is -0.497 e. The van der Waals surface area contributed by atoms with Crippen LogP contribution in [0.4, 0.5) is 0 Å². The van der Waals surface area contributed by atoms with E-state index >= 15 is 0 Å². The van der Waals surface area contributed by atoms with Crippen LogP contribution in [0.15, 0.2) is 52.9 Å². The molecule has 0 saturated carbocycles. The van der Waals surface area contributed by atoms with Gasteiger partial charge in [0.05, 0.1) is 32.5 Å². The summed E-state index contributed by atoms with van der Waals surface area (Å²) in [5.74, 6) is -1.11. The molecule has 1 heterocycles. The highest BCUT2D eigenvalue weighted by molar-refractivity contribution is 6.48. The predicted molar refractivity (Wildman–Crippen MR) is 103 cm³/mol. The Labute approximate surface area is 163 Å². The number of methoxy groups -OCH3 is 3. The summed E-state index contributed by atoms with van der Waals surface area (Å²) in [7, 11) is 4.16. The molecule has 144 valence electrons. The number of rotatable bonds is 5. The van der Waals surface area contributed by atoms with Crippen molar-refractivity contribution >= 4 is 28.6 Å². The molecule has 0 unspecified atom stereocenters. The molecule has 0 saturated heterocycles. The molecule has 27 heavy (non-hydrogen) atoms. The first kappa shape index (κ1) is 20.6. The van der Waals surface area contributed by atoms with Gasteiger partial charge in [0, 0.05) is 22.3 Å². The van der Waals surface area contributed by atoms with Crippen LogP contribution in [0.3, 0.4) is 0 Å². The SMILES string of the molecule is COC(=O)C1=C(C)NC(C)=C(C(=O)OC)C1/C=C(\Cl)c1ccc(OC)cc1. The van der Waals surface area contributed by atoms with Gasteiger partial charge in [0.15, 0.2) is 0 Å². The number of esters is 2. The molecule has 0 atom stereocenters. The molecule has 0 fully saturated rings. The minimum atomic E-state index is -0.708. The van der Waals surface area contributed by atoms with Crippen LogP contribution in [0, 0.1) is 5.92 Å². The number of halogens is 1. The van der Waals surface area contributed by atoms with Crippen LogP contribution in [0.25, 0.3) is 5.03 Å². The number of hydrogen-bond acceptors (Lipinski definition) is 6. The molecular formula is C20H22ClNO5. The Hall–Kier alpha value is -2.73. The highest BCUT2D eigenvalue weighted by atomic mass is 35.5. The van der Waals surface area contributed by atoms with Gasteiger partial charge in [-0.25, -0.2) is 9.59 Å². The van der Waals surface area contributed by atoms with E-state index in [1.165, 1.54) is 14.2 Å². The second-order valence-corrected chi connectivity index (χ2v) is 6.31. The molecule has 0 aliphatic carbocycles. The summed E-state index contributed by atoms with van der Waals surface area (Å²) in [4.78, 5) is 24.7. The lowest BCUT2D eigenvalue weighted by Crippen LogP contribution is -2.32. The fraction of sp³-hybridized carbons (Fsp3) is 0.300. The van der Waals surface area contributed by atoms with Crippen molar-refractivity contribution in [3.05, 3.63) is 58.4 Å². The van der Waals surface area contributed by atoms with Crippen LogP contribution in [-0.4, -0.2) is 33.3 Å². The lowest BCUT2D eigenvalue weighted by molar-refractivity contribution is -0.137. The van der Waals surface area contributed by atoms with Gasteiger partial charge in [0.25, 0.3) is 0 Å². The molecule has 1 aliphatic rings.